The highest BCUT2D eigenvalue weighted by molar-refractivity contribution is 7.07. The van der Waals surface area contributed by atoms with Crippen LogP contribution in [0.2, 0.25) is 0 Å². The van der Waals surface area contributed by atoms with Gasteiger partial charge in [-0.25, -0.2) is 9.97 Å². The van der Waals surface area contributed by atoms with E-state index in [1.807, 2.05) is 30.5 Å². The first-order chi connectivity index (χ1) is 11.6. The van der Waals surface area contributed by atoms with Gasteiger partial charge < -0.3 is 9.88 Å². The zero-order valence-electron chi connectivity index (χ0n) is 13.9. The first kappa shape index (κ1) is 16.4. The van der Waals surface area contributed by atoms with Crippen LogP contribution in [0.25, 0.3) is 17.1 Å². The van der Waals surface area contributed by atoms with E-state index in [0.29, 0.717) is 0 Å². The van der Waals surface area contributed by atoms with Crippen molar-refractivity contribution in [3.8, 4) is 0 Å². The van der Waals surface area contributed by atoms with Crippen LogP contribution in [-0.2, 0) is 4.79 Å². The van der Waals surface area contributed by atoms with Crippen LogP contribution in [0.5, 0.6) is 0 Å². The van der Waals surface area contributed by atoms with E-state index in [0.717, 1.165) is 22.6 Å². The van der Waals surface area contributed by atoms with E-state index in [-0.39, 0.29) is 18.0 Å². The van der Waals surface area contributed by atoms with Gasteiger partial charge in [0, 0.05) is 17.5 Å². The number of carbonyl (C=O) groups is 1. The van der Waals surface area contributed by atoms with Crippen molar-refractivity contribution in [2.24, 2.45) is 0 Å². The fourth-order valence-corrected chi connectivity index (χ4v) is 3.22. The van der Waals surface area contributed by atoms with Gasteiger partial charge in [-0.15, -0.1) is 11.3 Å². The van der Waals surface area contributed by atoms with Crippen LogP contribution in [0.3, 0.4) is 0 Å². The summed E-state index contributed by atoms with van der Waals surface area (Å²) in [5.41, 5.74) is 4.56. The molecule has 6 heteroatoms. The maximum Gasteiger partial charge on any atom is 0.244 e. The zero-order valence-corrected chi connectivity index (χ0v) is 14.7. The Morgan fingerprint density at radius 3 is 2.79 bits per heavy atom. The molecule has 0 radical (unpaired) electrons. The second-order valence-corrected chi connectivity index (χ2v) is 6.62. The topological polar surface area (TPSA) is 59.8 Å². The Bertz CT molecular complexity index is 864. The molecule has 1 amide bonds. The van der Waals surface area contributed by atoms with Gasteiger partial charge in [-0.05, 0) is 39.0 Å². The molecule has 5 nitrogen and oxygen atoms in total. The van der Waals surface area contributed by atoms with Crippen molar-refractivity contribution in [3.63, 3.8) is 0 Å². The number of carbonyl (C=O) groups excluding carboxylic acids is 1. The standard InChI is InChI=1S/C18H20N4OS/c1-12(2)22-16-7-5-4-6-15(16)21-18(22)13(3)20-17(23)9-8-14-10-24-11-19-14/h4-13H,1-3H3,(H,20,23). The molecule has 0 aliphatic carbocycles. The molecule has 2 heterocycles. The SMILES string of the molecule is CC(NC(=O)C=Cc1cscn1)c1nc2ccccc2n1C(C)C. The van der Waals surface area contributed by atoms with Gasteiger partial charge in [0.1, 0.15) is 5.82 Å². The molecule has 1 aromatic carbocycles. The molecule has 124 valence electrons. The molecule has 3 aromatic rings. The number of hydrogen-bond donors (Lipinski definition) is 1. The quantitative estimate of drug-likeness (QED) is 0.715. The number of aromatic nitrogens is 3. The van der Waals surface area contributed by atoms with Crippen molar-refractivity contribution in [1.82, 2.24) is 19.9 Å². The Labute approximate surface area is 145 Å². The third-order valence-electron chi connectivity index (χ3n) is 3.74. The van der Waals surface area contributed by atoms with Gasteiger partial charge in [-0.3, -0.25) is 4.79 Å². The molecule has 2 aromatic heterocycles. The molecule has 0 saturated carbocycles. The molecule has 0 bridgehead atoms. The van der Waals surface area contributed by atoms with E-state index in [2.05, 4.69) is 34.8 Å². The monoisotopic (exact) mass is 340 g/mol. The summed E-state index contributed by atoms with van der Waals surface area (Å²) in [7, 11) is 0. The highest BCUT2D eigenvalue weighted by Crippen LogP contribution is 2.24. The average Bonchev–Trinajstić information content (AvgIpc) is 3.20. The van der Waals surface area contributed by atoms with E-state index < -0.39 is 0 Å². The first-order valence-electron chi connectivity index (χ1n) is 7.90. The van der Waals surface area contributed by atoms with Crippen molar-refractivity contribution in [2.45, 2.75) is 32.9 Å². The number of nitrogens with zero attached hydrogens (tertiary/aromatic N) is 3. The van der Waals surface area contributed by atoms with E-state index in [1.54, 1.807) is 11.6 Å². The number of amides is 1. The molecule has 24 heavy (non-hydrogen) atoms. The van der Waals surface area contributed by atoms with Gasteiger partial charge in [0.15, 0.2) is 0 Å². The lowest BCUT2D eigenvalue weighted by atomic mass is 10.2. The molecule has 0 aliphatic heterocycles. The molecule has 1 N–H and O–H groups in total. The van der Waals surface area contributed by atoms with Gasteiger partial charge in [0.05, 0.1) is 28.3 Å². The average molecular weight is 340 g/mol. The van der Waals surface area contributed by atoms with Gasteiger partial charge in [-0.2, -0.15) is 0 Å². The summed E-state index contributed by atoms with van der Waals surface area (Å²) >= 11 is 1.50. The van der Waals surface area contributed by atoms with Crippen LogP contribution in [0.1, 0.15) is 44.4 Å². The normalized spacial score (nSPS) is 13.0. The summed E-state index contributed by atoms with van der Waals surface area (Å²) in [6, 6.07) is 8.11. The molecular formula is C18H20N4OS. The third kappa shape index (κ3) is 3.38. The number of benzene rings is 1. The van der Waals surface area contributed by atoms with Crippen LogP contribution in [0.15, 0.2) is 41.2 Å². The minimum atomic E-state index is -0.188. The maximum atomic E-state index is 12.2. The fourth-order valence-electron chi connectivity index (χ4n) is 2.70. The maximum absolute atomic E-state index is 12.2. The Hall–Kier alpha value is -2.47. The highest BCUT2D eigenvalue weighted by atomic mass is 32.1. The van der Waals surface area contributed by atoms with E-state index in [4.69, 9.17) is 4.98 Å². The second-order valence-electron chi connectivity index (χ2n) is 5.90. The summed E-state index contributed by atoms with van der Waals surface area (Å²) in [6.45, 7) is 6.19. The van der Waals surface area contributed by atoms with Crippen molar-refractivity contribution in [2.75, 3.05) is 0 Å². The number of hydrogen-bond acceptors (Lipinski definition) is 4. The lowest BCUT2D eigenvalue weighted by molar-refractivity contribution is -0.117. The van der Waals surface area contributed by atoms with Crippen LogP contribution < -0.4 is 5.32 Å². The van der Waals surface area contributed by atoms with Crippen molar-refractivity contribution in [3.05, 3.63) is 52.8 Å². The lowest BCUT2D eigenvalue weighted by Crippen LogP contribution is -2.27. The zero-order chi connectivity index (χ0) is 17.1. The molecule has 1 atom stereocenters. The van der Waals surface area contributed by atoms with Crippen molar-refractivity contribution < 1.29 is 4.79 Å². The minimum Gasteiger partial charge on any atom is -0.343 e. The highest BCUT2D eigenvalue weighted by Gasteiger charge is 2.19. The number of imidazole rings is 1. The Kier molecular flexibility index (Phi) is 4.76. The van der Waals surface area contributed by atoms with Crippen molar-refractivity contribution >= 4 is 34.4 Å². The predicted molar refractivity (Wildman–Crippen MR) is 97.8 cm³/mol. The van der Waals surface area contributed by atoms with Gasteiger partial charge in [-0.1, -0.05) is 12.1 Å². The van der Waals surface area contributed by atoms with E-state index in [1.165, 1.54) is 17.4 Å². The van der Waals surface area contributed by atoms with Crippen molar-refractivity contribution in [1.29, 1.82) is 0 Å². The van der Waals surface area contributed by atoms with Gasteiger partial charge in [0.2, 0.25) is 5.91 Å². The predicted octanol–water partition coefficient (Wildman–Crippen LogP) is 3.96. The molecular weight excluding hydrogens is 320 g/mol. The van der Waals surface area contributed by atoms with Crippen LogP contribution in [-0.4, -0.2) is 20.4 Å². The fraction of sp³-hybridized carbons (Fsp3) is 0.278. The molecule has 1 unspecified atom stereocenters. The summed E-state index contributed by atoms with van der Waals surface area (Å²) < 4.78 is 2.17. The largest absolute Gasteiger partial charge is 0.343 e. The van der Waals surface area contributed by atoms with E-state index >= 15 is 0 Å². The minimum absolute atomic E-state index is 0.155. The number of rotatable bonds is 5. The smallest absolute Gasteiger partial charge is 0.244 e. The summed E-state index contributed by atoms with van der Waals surface area (Å²) in [5.74, 6) is 0.708. The Morgan fingerprint density at radius 1 is 1.29 bits per heavy atom. The summed E-state index contributed by atoms with van der Waals surface area (Å²) in [6.07, 6.45) is 3.22. The molecule has 0 saturated heterocycles. The van der Waals surface area contributed by atoms with Crippen LogP contribution >= 0.6 is 11.3 Å². The Balaban J connectivity index is 1.82. The van der Waals surface area contributed by atoms with Gasteiger partial charge >= 0.3 is 0 Å². The first-order valence-corrected chi connectivity index (χ1v) is 8.84. The molecule has 0 spiro atoms. The molecule has 3 rings (SSSR count). The lowest BCUT2D eigenvalue weighted by Gasteiger charge is -2.18. The number of nitrogens with one attached hydrogen (secondary N) is 1. The summed E-state index contributed by atoms with van der Waals surface area (Å²) in [4.78, 5) is 21.0. The number of thiazole rings is 1. The van der Waals surface area contributed by atoms with Crippen LogP contribution in [0, 0.1) is 0 Å². The number of para-hydroxylation sites is 2. The Morgan fingerprint density at radius 2 is 2.08 bits per heavy atom. The molecule has 0 aliphatic rings. The summed E-state index contributed by atoms with van der Waals surface area (Å²) in [5, 5.41) is 4.88. The second kappa shape index (κ2) is 6.97. The van der Waals surface area contributed by atoms with E-state index in [9.17, 15) is 4.79 Å². The number of fused-ring (bicyclic) bond motifs is 1. The van der Waals surface area contributed by atoms with Gasteiger partial charge in [0.25, 0.3) is 0 Å². The molecule has 0 fully saturated rings. The van der Waals surface area contributed by atoms with Crippen LogP contribution in [0.4, 0.5) is 0 Å². The third-order valence-corrected chi connectivity index (χ3v) is 4.35.